The maximum atomic E-state index is 11.9. The lowest BCUT2D eigenvalue weighted by Crippen LogP contribution is -2.07. The van der Waals surface area contributed by atoms with Crippen molar-refractivity contribution in [2.75, 3.05) is 19.1 Å². The summed E-state index contributed by atoms with van der Waals surface area (Å²) >= 11 is 0. The minimum absolute atomic E-state index is 0.0822. The first kappa shape index (κ1) is 18.3. The largest absolute Gasteiger partial charge is 0.481 e. The van der Waals surface area contributed by atoms with Crippen molar-refractivity contribution in [3.05, 3.63) is 29.8 Å². The van der Waals surface area contributed by atoms with E-state index in [2.05, 4.69) is 0 Å². The molecule has 1 aromatic rings. The average molecular weight is 339 g/mol. The molecule has 1 aromatic carbocycles. The van der Waals surface area contributed by atoms with Crippen LogP contribution in [0.1, 0.15) is 17.8 Å². The highest BCUT2D eigenvalue weighted by Crippen LogP contribution is 2.54. The first-order chi connectivity index (χ1) is 9.65. The molecule has 1 rings (SSSR count). The van der Waals surface area contributed by atoms with Crippen LogP contribution in [0.2, 0.25) is 0 Å². The van der Waals surface area contributed by atoms with Crippen LogP contribution in [-0.2, 0) is 9.13 Å². The summed E-state index contributed by atoms with van der Waals surface area (Å²) < 4.78 is 27.5. The fourth-order valence-corrected chi connectivity index (χ4v) is 3.40. The third-order valence-corrected chi connectivity index (χ3v) is 5.13. The Kier molecular flexibility index (Phi) is 6.56. The van der Waals surface area contributed by atoms with Crippen LogP contribution in [-0.4, -0.2) is 38.8 Å². The van der Waals surface area contributed by atoms with Gasteiger partial charge in [0, 0.05) is 6.16 Å². The Labute approximate surface area is 122 Å². The van der Waals surface area contributed by atoms with Crippen molar-refractivity contribution in [3.63, 3.8) is 0 Å². The van der Waals surface area contributed by atoms with Crippen LogP contribution in [0, 0.1) is 0 Å². The fraction of sp³-hybridized carbons (Fsp3) is 0.455. The topological polar surface area (TPSA) is 150 Å². The predicted octanol–water partition coefficient (Wildman–Crippen LogP) is 0.811. The van der Waals surface area contributed by atoms with Crippen LogP contribution < -0.4 is 10.5 Å². The molecule has 0 aromatic heterocycles. The number of aliphatic hydroxyl groups excluding tert-OH is 1. The number of aliphatic hydroxyl groups is 1. The van der Waals surface area contributed by atoms with Crippen molar-refractivity contribution in [2.24, 2.45) is 5.73 Å². The van der Waals surface area contributed by atoms with Crippen LogP contribution in [0.5, 0.6) is 5.75 Å². The molecular weight excluding hydrogens is 320 g/mol. The van der Waals surface area contributed by atoms with Crippen LogP contribution in [0.15, 0.2) is 24.3 Å². The molecule has 8 nitrogen and oxygen atoms in total. The maximum Gasteiger partial charge on any atom is 0.362 e. The fourth-order valence-electron chi connectivity index (χ4n) is 1.57. The molecule has 0 aliphatic heterocycles. The zero-order valence-corrected chi connectivity index (χ0v) is 13.0. The van der Waals surface area contributed by atoms with E-state index in [4.69, 9.17) is 20.3 Å². The molecule has 0 aliphatic rings. The second-order valence-corrected chi connectivity index (χ2v) is 8.54. The molecule has 0 saturated heterocycles. The number of nitrogens with two attached hydrogens (primary N) is 1. The summed E-state index contributed by atoms with van der Waals surface area (Å²) in [6, 6.07) is 5.45. The third kappa shape index (κ3) is 6.28. The van der Waals surface area contributed by atoms with Crippen LogP contribution >= 0.6 is 15.0 Å². The Hall–Kier alpha value is -0.720. The van der Waals surface area contributed by atoms with Crippen molar-refractivity contribution >= 4 is 15.0 Å². The van der Waals surface area contributed by atoms with Crippen molar-refractivity contribution in [1.82, 2.24) is 0 Å². The highest BCUT2D eigenvalue weighted by molar-refractivity contribution is 7.58. The molecule has 120 valence electrons. The van der Waals surface area contributed by atoms with Gasteiger partial charge in [-0.2, -0.15) is 0 Å². The summed E-state index contributed by atoms with van der Waals surface area (Å²) in [5.74, 6) is -1.34. The molecule has 0 bridgehead atoms. The molecule has 0 heterocycles. The minimum Gasteiger partial charge on any atom is -0.481 e. The molecule has 6 N–H and O–H groups in total. The van der Waals surface area contributed by atoms with E-state index in [0.717, 1.165) is 0 Å². The van der Waals surface area contributed by atoms with Gasteiger partial charge in [-0.05, 0) is 30.7 Å². The molecule has 0 aliphatic carbocycles. The van der Waals surface area contributed by atoms with E-state index < -0.39 is 27.2 Å². The summed E-state index contributed by atoms with van der Waals surface area (Å²) in [4.78, 5) is 27.1. The summed E-state index contributed by atoms with van der Waals surface area (Å²) in [6.45, 7) is 0.256. The third-order valence-electron chi connectivity index (χ3n) is 2.64. The van der Waals surface area contributed by atoms with Gasteiger partial charge >= 0.3 is 7.60 Å². The van der Waals surface area contributed by atoms with Crippen LogP contribution in [0.3, 0.4) is 0 Å². The number of ether oxygens (including phenoxy) is 1. The van der Waals surface area contributed by atoms with E-state index in [-0.39, 0.29) is 24.0 Å². The highest BCUT2D eigenvalue weighted by Gasteiger charge is 2.29. The Morgan fingerprint density at radius 3 is 2.19 bits per heavy atom. The van der Waals surface area contributed by atoms with Crippen molar-refractivity contribution in [2.45, 2.75) is 12.3 Å². The van der Waals surface area contributed by atoms with Crippen molar-refractivity contribution in [3.8, 4) is 5.75 Å². The van der Waals surface area contributed by atoms with Gasteiger partial charge in [-0.1, -0.05) is 12.1 Å². The van der Waals surface area contributed by atoms with E-state index >= 15 is 0 Å². The van der Waals surface area contributed by atoms with Gasteiger partial charge in [0.05, 0.1) is 0 Å². The van der Waals surface area contributed by atoms with E-state index in [1.165, 1.54) is 24.3 Å². The molecule has 0 fully saturated rings. The van der Waals surface area contributed by atoms with Crippen LogP contribution in [0.4, 0.5) is 0 Å². The monoisotopic (exact) mass is 339 g/mol. The van der Waals surface area contributed by atoms with Gasteiger partial charge in [-0.25, -0.2) is 0 Å². The average Bonchev–Trinajstić information content (AvgIpc) is 2.42. The molecule has 0 radical (unpaired) electrons. The van der Waals surface area contributed by atoms with Gasteiger partial charge in [-0.3, -0.25) is 9.13 Å². The molecule has 0 spiro atoms. The standard InChI is InChI=1S/C11H19NO7P2/c12-6-1-7-20(14,15)11(13)9-2-4-10(5-3-9)19-8-21(16,17)18/h2-5,11,13H,1,6-8,12H2,(H,14,15)(H2,16,17,18). The smallest absolute Gasteiger partial charge is 0.362 e. The molecule has 2 unspecified atom stereocenters. The molecule has 2 atom stereocenters. The number of rotatable bonds is 8. The number of hydrogen-bond donors (Lipinski definition) is 5. The Balaban J connectivity index is 2.73. The lowest BCUT2D eigenvalue weighted by molar-refractivity contribution is 0.234. The first-order valence-corrected chi connectivity index (χ1v) is 9.84. The van der Waals surface area contributed by atoms with Gasteiger partial charge in [0.2, 0.25) is 7.37 Å². The van der Waals surface area contributed by atoms with Crippen molar-refractivity contribution < 1.29 is 33.7 Å². The quantitative estimate of drug-likeness (QED) is 0.437. The van der Waals surface area contributed by atoms with Gasteiger partial charge in [0.25, 0.3) is 0 Å². The SMILES string of the molecule is NCCCP(=O)(O)C(O)c1ccc(OCP(=O)(O)O)cc1. The molecule has 0 amide bonds. The lowest BCUT2D eigenvalue weighted by Gasteiger charge is -2.18. The van der Waals surface area contributed by atoms with Gasteiger partial charge in [0.1, 0.15) is 5.75 Å². The maximum absolute atomic E-state index is 11.9. The molecule has 0 saturated carbocycles. The number of hydrogen-bond acceptors (Lipinski definition) is 5. The zero-order valence-electron chi connectivity index (χ0n) is 11.2. The van der Waals surface area contributed by atoms with Gasteiger partial charge in [-0.15, -0.1) is 0 Å². The van der Waals surface area contributed by atoms with E-state index in [0.29, 0.717) is 6.42 Å². The predicted molar refractivity (Wildman–Crippen MR) is 77.3 cm³/mol. The normalized spacial score (nSPS) is 16.2. The second kappa shape index (κ2) is 7.51. The van der Waals surface area contributed by atoms with E-state index in [1.54, 1.807) is 0 Å². The summed E-state index contributed by atoms with van der Waals surface area (Å²) in [5, 5.41) is 9.91. The van der Waals surface area contributed by atoms with Gasteiger partial charge < -0.3 is 30.3 Å². The summed E-state index contributed by atoms with van der Waals surface area (Å²) in [5.41, 5.74) is 5.49. The van der Waals surface area contributed by atoms with Crippen LogP contribution in [0.25, 0.3) is 0 Å². The molecular formula is C11H19NO7P2. The lowest BCUT2D eigenvalue weighted by atomic mass is 10.2. The second-order valence-electron chi connectivity index (χ2n) is 4.50. The Bertz CT molecular complexity index is 542. The molecule has 10 heteroatoms. The van der Waals surface area contributed by atoms with E-state index in [1.807, 2.05) is 0 Å². The number of benzene rings is 1. The zero-order chi connectivity index (χ0) is 16.1. The first-order valence-electron chi connectivity index (χ1n) is 6.13. The molecule has 21 heavy (non-hydrogen) atoms. The highest BCUT2D eigenvalue weighted by atomic mass is 31.2. The van der Waals surface area contributed by atoms with Crippen molar-refractivity contribution in [1.29, 1.82) is 0 Å². The van der Waals surface area contributed by atoms with Gasteiger partial charge in [0.15, 0.2) is 12.2 Å². The Morgan fingerprint density at radius 2 is 1.71 bits per heavy atom. The van der Waals surface area contributed by atoms with E-state index in [9.17, 15) is 19.1 Å². The minimum atomic E-state index is -4.27. The Morgan fingerprint density at radius 1 is 1.14 bits per heavy atom. The summed E-state index contributed by atoms with van der Waals surface area (Å²) in [6.07, 6.45) is -0.515. The summed E-state index contributed by atoms with van der Waals surface area (Å²) in [7, 11) is -8.04.